The highest BCUT2D eigenvalue weighted by Gasteiger charge is 2.27. The highest BCUT2D eigenvalue weighted by Crippen LogP contribution is 2.31. The van der Waals surface area contributed by atoms with Gasteiger partial charge in [-0.2, -0.15) is 0 Å². The molecule has 0 saturated carbocycles. The predicted octanol–water partition coefficient (Wildman–Crippen LogP) is 4.38. The van der Waals surface area contributed by atoms with E-state index < -0.39 is 6.09 Å². The summed E-state index contributed by atoms with van der Waals surface area (Å²) in [7, 11) is 0. The second-order valence-corrected chi connectivity index (χ2v) is 8.44. The quantitative estimate of drug-likeness (QED) is 0.591. The molecular formula is C26H36N4O3. The molecule has 2 N–H and O–H groups in total. The van der Waals surface area contributed by atoms with Gasteiger partial charge in [0, 0.05) is 50.5 Å². The molecule has 1 fully saturated rings. The molecule has 0 unspecified atom stereocenters. The van der Waals surface area contributed by atoms with Crippen LogP contribution in [0.15, 0.2) is 48.5 Å². The molecule has 0 aromatic heterocycles. The van der Waals surface area contributed by atoms with Gasteiger partial charge in [0.05, 0.1) is 6.04 Å². The first-order valence-electron chi connectivity index (χ1n) is 11.9. The van der Waals surface area contributed by atoms with E-state index in [4.69, 9.17) is 5.11 Å². The molecular weight excluding hydrogens is 416 g/mol. The molecule has 3 rings (SSSR count). The molecule has 0 spiro atoms. The van der Waals surface area contributed by atoms with Gasteiger partial charge in [-0.3, -0.25) is 15.0 Å². The van der Waals surface area contributed by atoms with E-state index in [9.17, 15) is 9.59 Å². The Labute approximate surface area is 197 Å². The van der Waals surface area contributed by atoms with Crippen molar-refractivity contribution in [2.24, 2.45) is 0 Å². The topological polar surface area (TPSA) is 76.1 Å². The van der Waals surface area contributed by atoms with E-state index in [1.54, 1.807) is 6.07 Å². The number of nitrogens with zero attached hydrogens (tertiary/aromatic N) is 3. The number of rotatable bonds is 9. The Bertz CT molecular complexity index is 919. The van der Waals surface area contributed by atoms with Crippen molar-refractivity contribution in [3.05, 3.63) is 65.2 Å². The Morgan fingerprint density at radius 3 is 2.21 bits per heavy atom. The Morgan fingerprint density at radius 2 is 1.64 bits per heavy atom. The minimum atomic E-state index is -1.07. The normalized spacial score (nSPS) is 15.7. The van der Waals surface area contributed by atoms with Crippen LogP contribution in [0.5, 0.6) is 0 Å². The van der Waals surface area contributed by atoms with Crippen LogP contribution in [0, 0.1) is 0 Å². The third-order valence-electron chi connectivity index (χ3n) is 6.29. The van der Waals surface area contributed by atoms with Crippen molar-refractivity contribution in [2.75, 3.05) is 51.1 Å². The number of piperazine rings is 1. The van der Waals surface area contributed by atoms with Crippen LogP contribution in [-0.2, 0) is 0 Å². The van der Waals surface area contributed by atoms with Crippen molar-refractivity contribution in [2.45, 2.75) is 33.2 Å². The number of carbonyl (C=O) groups excluding carboxylic acids is 1. The monoisotopic (exact) mass is 452 g/mol. The van der Waals surface area contributed by atoms with Crippen molar-refractivity contribution < 1.29 is 14.7 Å². The fraction of sp³-hybridized carbons (Fsp3) is 0.462. The van der Waals surface area contributed by atoms with E-state index in [0.29, 0.717) is 24.3 Å². The smallest absolute Gasteiger partial charge is 0.409 e. The van der Waals surface area contributed by atoms with Gasteiger partial charge in [-0.05, 0) is 62.2 Å². The summed E-state index contributed by atoms with van der Waals surface area (Å²) in [4.78, 5) is 30.7. The minimum Gasteiger partial charge on any atom is -0.465 e. The van der Waals surface area contributed by atoms with Crippen LogP contribution in [0.2, 0.25) is 0 Å². The molecule has 33 heavy (non-hydrogen) atoms. The fourth-order valence-electron chi connectivity index (χ4n) is 4.59. The number of nitrogens with one attached hydrogen (secondary N) is 1. The summed E-state index contributed by atoms with van der Waals surface area (Å²) in [6.07, 6.45) is 0.0742. The number of hydrogen-bond donors (Lipinski definition) is 2. The largest absolute Gasteiger partial charge is 0.465 e. The Kier molecular flexibility index (Phi) is 8.86. The zero-order valence-corrected chi connectivity index (χ0v) is 20.0. The number of carbonyl (C=O) groups is 2. The Balaban J connectivity index is 1.91. The first kappa shape index (κ1) is 24.7. The zero-order chi connectivity index (χ0) is 23.8. The van der Waals surface area contributed by atoms with E-state index in [1.165, 1.54) is 0 Å². The van der Waals surface area contributed by atoms with Gasteiger partial charge in [0.1, 0.15) is 0 Å². The molecule has 0 bridgehead atoms. The number of amides is 2. The van der Waals surface area contributed by atoms with Crippen LogP contribution in [0.3, 0.4) is 0 Å². The van der Waals surface area contributed by atoms with Crippen LogP contribution in [0.4, 0.5) is 10.5 Å². The molecule has 2 aromatic carbocycles. The Morgan fingerprint density at radius 1 is 0.970 bits per heavy atom. The van der Waals surface area contributed by atoms with Gasteiger partial charge in [-0.15, -0.1) is 0 Å². The molecule has 1 aliphatic rings. The van der Waals surface area contributed by atoms with Crippen LogP contribution in [-0.4, -0.2) is 77.6 Å². The van der Waals surface area contributed by atoms with Crippen LogP contribution < -0.4 is 5.32 Å². The van der Waals surface area contributed by atoms with Crippen LogP contribution >= 0.6 is 0 Å². The average molecular weight is 453 g/mol. The Hall–Kier alpha value is -2.90. The van der Waals surface area contributed by atoms with Crippen LogP contribution in [0.1, 0.15) is 54.7 Å². The van der Waals surface area contributed by atoms with Gasteiger partial charge >= 0.3 is 6.09 Å². The van der Waals surface area contributed by atoms with Gasteiger partial charge in [-0.1, -0.05) is 31.2 Å². The molecule has 0 radical (unpaired) electrons. The summed E-state index contributed by atoms with van der Waals surface area (Å²) in [6, 6.07) is 15.5. The van der Waals surface area contributed by atoms with Gasteiger partial charge in [0.25, 0.3) is 5.91 Å². The van der Waals surface area contributed by atoms with Gasteiger partial charge in [0.15, 0.2) is 0 Å². The first-order chi connectivity index (χ1) is 16.0. The van der Waals surface area contributed by atoms with E-state index >= 15 is 0 Å². The molecule has 1 aliphatic heterocycles. The molecule has 2 amide bonds. The molecule has 1 saturated heterocycles. The summed E-state index contributed by atoms with van der Waals surface area (Å²) >= 11 is 0. The van der Waals surface area contributed by atoms with Gasteiger partial charge < -0.3 is 14.9 Å². The standard InChI is InChI=1S/C26H36N4O3/c1-4-14-28-15-17-30(18-16-28)24(22-8-7-9-23(19-22)27-26(32)33)20-10-12-21(13-11-20)25(31)29(5-2)6-3/h7-13,19,24,27H,4-6,14-18H2,1-3H3,(H,32,33)/t24-/m0/s1. The van der Waals surface area contributed by atoms with Crippen molar-refractivity contribution in [1.29, 1.82) is 0 Å². The number of hydrogen-bond acceptors (Lipinski definition) is 4. The second-order valence-electron chi connectivity index (χ2n) is 8.44. The molecule has 2 aromatic rings. The predicted molar refractivity (Wildman–Crippen MR) is 132 cm³/mol. The number of benzene rings is 2. The highest BCUT2D eigenvalue weighted by molar-refractivity contribution is 5.94. The molecule has 0 aliphatic carbocycles. The zero-order valence-electron chi connectivity index (χ0n) is 20.0. The van der Waals surface area contributed by atoms with Gasteiger partial charge in [-0.25, -0.2) is 4.79 Å². The number of carboxylic acid groups (broad SMARTS) is 1. The fourth-order valence-corrected chi connectivity index (χ4v) is 4.59. The summed E-state index contributed by atoms with van der Waals surface area (Å²) in [6.45, 7) is 12.5. The van der Waals surface area contributed by atoms with E-state index in [-0.39, 0.29) is 11.9 Å². The molecule has 1 atom stereocenters. The lowest BCUT2D eigenvalue weighted by Crippen LogP contribution is -2.47. The molecule has 7 heteroatoms. The lowest BCUT2D eigenvalue weighted by molar-refractivity contribution is 0.0773. The number of anilines is 1. The van der Waals surface area contributed by atoms with Crippen molar-refractivity contribution in [3.63, 3.8) is 0 Å². The second kappa shape index (κ2) is 11.8. The van der Waals surface area contributed by atoms with Crippen molar-refractivity contribution >= 4 is 17.7 Å². The van der Waals surface area contributed by atoms with Crippen molar-refractivity contribution in [3.8, 4) is 0 Å². The lowest BCUT2D eigenvalue weighted by Gasteiger charge is -2.40. The molecule has 7 nitrogen and oxygen atoms in total. The average Bonchev–Trinajstić information content (AvgIpc) is 2.81. The SMILES string of the molecule is CCCN1CCN([C@@H](c2ccc(C(=O)N(CC)CC)cc2)c2cccc(NC(=O)O)c2)CC1. The third-order valence-corrected chi connectivity index (χ3v) is 6.29. The minimum absolute atomic E-state index is 0.0121. The third kappa shape index (κ3) is 6.33. The summed E-state index contributed by atoms with van der Waals surface area (Å²) < 4.78 is 0. The summed E-state index contributed by atoms with van der Waals surface area (Å²) in [5, 5.41) is 11.6. The van der Waals surface area contributed by atoms with E-state index in [1.807, 2.05) is 61.2 Å². The molecule has 1 heterocycles. The van der Waals surface area contributed by atoms with E-state index in [2.05, 4.69) is 22.0 Å². The maximum atomic E-state index is 12.8. The van der Waals surface area contributed by atoms with Gasteiger partial charge in [0.2, 0.25) is 0 Å². The lowest BCUT2D eigenvalue weighted by atomic mass is 9.95. The van der Waals surface area contributed by atoms with Crippen molar-refractivity contribution in [1.82, 2.24) is 14.7 Å². The highest BCUT2D eigenvalue weighted by atomic mass is 16.4. The first-order valence-corrected chi connectivity index (χ1v) is 11.9. The maximum absolute atomic E-state index is 12.8. The summed E-state index contributed by atoms with van der Waals surface area (Å²) in [5.41, 5.74) is 3.38. The van der Waals surface area contributed by atoms with E-state index in [0.717, 1.165) is 50.3 Å². The maximum Gasteiger partial charge on any atom is 0.409 e. The molecule has 178 valence electrons. The van der Waals surface area contributed by atoms with Crippen LogP contribution in [0.25, 0.3) is 0 Å². The summed E-state index contributed by atoms with van der Waals surface area (Å²) in [5.74, 6) is 0.0453.